The molecule has 286 valence electrons. The van der Waals surface area contributed by atoms with Gasteiger partial charge in [-0.1, -0.05) is 218 Å². The van der Waals surface area contributed by atoms with E-state index in [9.17, 15) is 4.11 Å². The van der Waals surface area contributed by atoms with E-state index < -0.39 is 41.0 Å². The van der Waals surface area contributed by atoms with E-state index >= 15 is 0 Å². The molecule has 1 nitrogen and oxygen atoms in total. The molecule has 0 radical (unpaired) electrons. The van der Waals surface area contributed by atoms with Gasteiger partial charge in [0.15, 0.2) is 0 Å². The first-order chi connectivity index (χ1) is 33.2. The van der Waals surface area contributed by atoms with Gasteiger partial charge in [0.2, 0.25) is 0 Å². The van der Waals surface area contributed by atoms with Crippen molar-refractivity contribution in [3.8, 4) is 22.3 Å². The van der Waals surface area contributed by atoms with E-state index in [4.69, 9.17) is 5.48 Å². The van der Waals surface area contributed by atoms with E-state index in [0.29, 0.717) is 11.4 Å². The van der Waals surface area contributed by atoms with Gasteiger partial charge in [-0.15, -0.1) is 0 Å². The highest BCUT2D eigenvalue weighted by Gasteiger charge is 2.48. The Morgan fingerprint density at radius 1 is 0.328 bits per heavy atom. The van der Waals surface area contributed by atoms with Gasteiger partial charge >= 0.3 is 0 Å². The van der Waals surface area contributed by atoms with E-state index in [1.165, 1.54) is 0 Å². The van der Waals surface area contributed by atoms with Gasteiger partial charge < -0.3 is 4.90 Å². The molecule has 0 saturated heterocycles. The van der Waals surface area contributed by atoms with E-state index in [0.717, 1.165) is 66.8 Å². The van der Waals surface area contributed by atoms with Gasteiger partial charge in [-0.2, -0.15) is 0 Å². The summed E-state index contributed by atoms with van der Waals surface area (Å²) in [6.45, 7) is 0. The van der Waals surface area contributed by atoms with Crippen molar-refractivity contribution in [3.05, 3.63) is 293 Å². The van der Waals surface area contributed by atoms with E-state index in [1.54, 1.807) is 0 Å². The van der Waals surface area contributed by atoms with Crippen LogP contribution in [0.25, 0.3) is 33.0 Å². The molecule has 1 heteroatoms. The van der Waals surface area contributed by atoms with Crippen LogP contribution < -0.4 is 4.90 Å². The van der Waals surface area contributed by atoms with Crippen molar-refractivity contribution in [1.29, 1.82) is 0 Å². The molecule has 0 N–H and O–H groups in total. The molecule has 0 aliphatic heterocycles. The van der Waals surface area contributed by atoms with Gasteiger partial charge in [-0.25, -0.2) is 0 Å². The van der Waals surface area contributed by atoms with Crippen molar-refractivity contribution in [2.75, 3.05) is 4.90 Å². The van der Waals surface area contributed by atoms with Crippen LogP contribution in [0.1, 0.15) is 54.1 Å². The molecule has 0 fully saturated rings. The van der Waals surface area contributed by atoms with Crippen LogP contribution in [-0.4, -0.2) is 0 Å². The van der Waals surface area contributed by atoms with Crippen molar-refractivity contribution >= 4 is 27.8 Å². The largest absolute Gasteiger partial charge is 0.310 e. The fourth-order valence-electron chi connectivity index (χ4n) is 10.5. The van der Waals surface area contributed by atoms with Crippen molar-refractivity contribution in [2.24, 2.45) is 0 Å². The van der Waals surface area contributed by atoms with Crippen molar-refractivity contribution < 1.29 is 9.60 Å². The van der Waals surface area contributed by atoms with Crippen LogP contribution >= 0.6 is 0 Å². The molecule has 0 bridgehead atoms. The number of rotatable bonds is 7. The Labute approximate surface area is 367 Å². The van der Waals surface area contributed by atoms with Crippen LogP contribution in [0, 0.1) is 0 Å². The van der Waals surface area contributed by atoms with Crippen LogP contribution in [0.3, 0.4) is 0 Å². The number of nitrogens with zero attached hydrogens (tertiary/aromatic N) is 1. The topological polar surface area (TPSA) is 3.24 Å². The van der Waals surface area contributed by atoms with Gasteiger partial charge in [-0.3, -0.25) is 0 Å². The monoisotopic (exact) mass is 782 g/mol. The van der Waals surface area contributed by atoms with Gasteiger partial charge in [-0.05, 0) is 102 Å². The first-order valence-corrected chi connectivity index (χ1v) is 20.7. The predicted octanol–water partition coefficient (Wildman–Crippen LogP) is 15.0. The average Bonchev–Trinajstić information content (AvgIpc) is 3.86. The number of hydrogen-bond donors (Lipinski definition) is 0. The van der Waals surface area contributed by atoms with Crippen LogP contribution in [0.4, 0.5) is 17.1 Å². The molecular formula is C60H41N. The summed E-state index contributed by atoms with van der Waals surface area (Å²) in [5, 5.41) is -0.103. The smallest absolute Gasteiger partial charge is 0.0714 e. The second kappa shape index (κ2) is 13.9. The fourth-order valence-corrected chi connectivity index (χ4v) is 10.5. The van der Waals surface area contributed by atoms with Gasteiger partial charge in [0.1, 0.15) is 0 Å². The summed E-state index contributed by atoms with van der Waals surface area (Å²) in [4.78, 5) is 1.90. The summed E-state index contributed by atoms with van der Waals surface area (Å²) in [7, 11) is 0. The first kappa shape index (κ1) is 28.6. The highest BCUT2D eigenvalue weighted by molar-refractivity contribution is 6.00. The first-order valence-electron chi connectivity index (χ1n) is 24.2. The molecular weight excluding hydrogens is 735 g/mol. The zero-order chi connectivity index (χ0) is 46.5. The normalized spacial score (nSPS) is 15.4. The summed E-state index contributed by atoms with van der Waals surface area (Å²) >= 11 is 0. The Hall–Kier alpha value is -7.74. The van der Waals surface area contributed by atoms with Gasteiger partial charge in [0.05, 0.1) is 26.1 Å². The third kappa shape index (κ3) is 5.08. The van der Waals surface area contributed by atoms with Gasteiger partial charge in [0, 0.05) is 16.8 Å². The minimum atomic E-state index is -0.785. The summed E-state index contributed by atoms with van der Waals surface area (Å²) in [6, 6.07) is 68.6. The fraction of sp³-hybridized carbons (Fsp3) is 0.0333. The number of hydrogen-bond acceptors (Lipinski definition) is 1. The number of anilines is 3. The second-order valence-corrected chi connectivity index (χ2v) is 15.8. The molecule has 0 heterocycles. The number of benzene rings is 10. The Morgan fingerprint density at radius 3 is 1.16 bits per heavy atom. The molecule has 12 rings (SSSR count). The van der Waals surface area contributed by atoms with Gasteiger partial charge in [0.25, 0.3) is 0 Å². The summed E-state index contributed by atoms with van der Waals surface area (Å²) in [5.74, 6) is 0. The molecule has 10 aromatic rings. The third-order valence-electron chi connectivity index (χ3n) is 12.9. The Bertz CT molecular complexity index is 3380. The molecule has 0 unspecified atom stereocenters. The molecule has 0 spiro atoms. The van der Waals surface area contributed by atoms with Crippen molar-refractivity contribution in [3.63, 3.8) is 0 Å². The van der Waals surface area contributed by atoms with Crippen LogP contribution in [-0.2, 0) is 10.8 Å². The second-order valence-electron chi connectivity index (χ2n) is 15.8. The molecule has 0 aromatic heterocycles. The lowest BCUT2D eigenvalue weighted by molar-refractivity contribution is 0.767. The molecule has 61 heavy (non-hydrogen) atoms. The van der Waals surface area contributed by atoms with Crippen LogP contribution in [0.15, 0.2) is 249 Å². The highest BCUT2D eigenvalue weighted by Crippen LogP contribution is 2.59. The standard InChI is InChI=1S/C60H41N/c1-5-22-43(23-6-1)59(44-24-7-2-8-25-44)54-33-17-15-31-50(54)52-38-36-47(40-56(52)59)61(58-35-19-21-42-20-13-14-30-49(42)58)48-37-39-53-51-32-16-18-34-55(51)60(57(53)41-48,45-26-9-3-10-27-45)46-28-11-4-12-29-46/h1-41H/i13D,14D,19D,20D,21D,30D,35D. The minimum Gasteiger partial charge on any atom is -0.310 e. The van der Waals surface area contributed by atoms with Crippen LogP contribution in [0.2, 0.25) is 0 Å². The van der Waals surface area contributed by atoms with Crippen molar-refractivity contribution in [2.45, 2.75) is 10.8 Å². The summed E-state index contributed by atoms with van der Waals surface area (Å²) in [5.41, 5.74) is 12.5. The average molecular weight is 783 g/mol. The van der Waals surface area contributed by atoms with E-state index in [-0.39, 0.29) is 28.5 Å². The third-order valence-corrected chi connectivity index (χ3v) is 12.9. The Balaban J connectivity index is 1.23. The lowest BCUT2D eigenvalue weighted by atomic mass is 9.67. The molecule has 0 amide bonds. The van der Waals surface area contributed by atoms with Crippen molar-refractivity contribution in [1.82, 2.24) is 0 Å². The maximum atomic E-state index is 9.85. The van der Waals surface area contributed by atoms with E-state index in [1.807, 2.05) is 41.3 Å². The number of fused-ring (bicyclic) bond motifs is 7. The highest BCUT2D eigenvalue weighted by atomic mass is 15.1. The molecule has 2 aliphatic rings. The summed E-state index contributed by atoms with van der Waals surface area (Å²) < 4.78 is 64.6. The predicted molar refractivity (Wildman–Crippen MR) is 253 cm³/mol. The lowest BCUT2D eigenvalue weighted by Gasteiger charge is -2.36. The Morgan fingerprint density at radius 2 is 0.705 bits per heavy atom. The van der Waals surface area contributed by atoms with E-state index in [2.05, 4.69) is 170 Å². The molecule has 2 aliphatic carbocycles. The maximum absolute atomic E-state index is 9.85. The SMILES string of the molecule is [2H]c1c([2H])c([2H])c2c(N(c3ccc4c(c3)C(c3ccccc3)(c3ccccc3)c3ccccc3-4)c3ccc4c(c3)C(c3ccccc3)(c3ccccc3)c3ccccc3-4)c([2H])c([2H])c([2H])c2c1[2H]. The zero-order valence-corrected chi connectivity index (χ0v) is 33.1. The molecule has 0 saturated carbocycles. The van der Waals surface area contributed by atoms with Crippen LogP contribution in [0.5, 0.6) is 0 Å². The quantitative estimate of drug-likeness (QED) is 0.156. The maximum Gasteiger partial charge on any atom is 0.0714 e. The molecule has 0 atom stereocenters. The minimum absolute atomic E-state index is 0.00401. The Kier molecular flexibility index (Phi) is 6.54. The molecule has 10 aromatic carbocycles. The lowest BCUT2D eigenvalue weighted by Crippen LogP contribution is -2.29. The summed E-state index contributed by atoms with van der Waals surface area (Å²) in [6.07, 6.45) is 0. The zero-order valence-electron chi connectivity index (χ0n) is 40.1.